The molecule has 0 radical (unpaired) electrons. The van der Waals surface area contributed by atoms with Crippen molar-refractivity contribution in [2.75, 3.05) is 0 Å². The minimum atomic E-state index is 0.611. The first-order chi connectivity index (χ1) is 7.22. The molecule has 0 fully saturated rings. The average Bonchev–Trinajstić information content (AvgIpc) is 2.27. The maximum atomic E-state index is 3.56. The van der Waals surface area contributed by atoms with Gasteiger partial charge < -0.3 is 5.32 Å². The Morgan fingerprint density at radius 2 is 1.80 bits per heavy atom. The van der Waals surface area contributed by atoms with E-state index in [4.69, 9.17) is 0 Å². The fraction of sp³-hybridized carbons (Fsp3) is 0.571. The van der Waals surface area contributed by atoms with Crippen molar-refractivity contribution < 1.29 is 0 Å². The van der Waals surface area contributed by atoms with E-state index in [2.05, 4.69) is 56.4 Å². The summed E-state index contributed by atoms with van der Waals surface area (Å²) in [6.07, 6.45) is 2.54. The smallest absolute Gasteiger partial charge is 0.0207 e. The Morgan fingerprint density at radius 1 is 1.13 bits per heavy atom. The fourth-order valence-corrected chi connectivity index (χ4v) is 1.74. The van der Waals surface area contributed by atoms with Crippen molar-refractivity contribution >= 4 is 0 Å². The fourth-order valence-electron chi connectivity index (χ4n) is 1.74. The zero-order chi connectivity index (χ0) is 11.1. The molecule has 1 N–H and O–H groups in total. The lowest BCUT2D eigenvalue weighted by Crippen LogP contribution is -2.27. The predicted octanol–water partition coefficient (Wildman–Crippen LogP) is 3.60. The van der Waals surface area contributed by atoms with Crippen molar-refractivity contribution in [3.63, 3.8) is 0 Å². The molecule has 84 valence electrons. The minimum Gasteiger partial charge on any atom is -0.310 e. The highest BCUT2D eigenvalue weighted by molar-refractivity contribution is 5.14. The molecule has 1 nitrogen and oxygen atoms in total. The van der Waals surface area contributed by atoms with E-state index in [-0.39, 0.29) is 0 Å². The number of benzene rings is 1. The summed E-state index contributed by atoms with van der Waals surface area (Å²) in [5, 5.41) is 3.56. The maximum Gasteiger partial charge on any atom is 0.0207 e. The van der Waals surface area contributed by atoms with Crippen molar-refractivity contribution in [3.8, 4) is 0 Å². The lowest BCUT2D eigenvalue weighted by Gasteiger charge is -2.17. The summed E-state index contributed by atoms with van der Waals surface area (Å²) in [7, 11) is 0. The standard InChI is InChI=1S/C14H23N/c1-4-12(2)10-13(3)15-11-14-8-6-5-7-9-14/h5-9,12-13,15H,4,10-11H2,1-3H3. The Balaban J connectivity index is 2.25. The van der Waals surface area contributed by atoms with E-state index in [1.54, 1.807) is 0 Å². The lowest BCUT2D eigenvalue weighted by molar-refractivity contribution is 0.412. The summed E-state index contributed by atoms with van der Waals surface area (Å²) < 4.78 is 0. The number of nitrogens with one attached hydrogen (secondary N) is 1. The molecule has 2 atom stereocenters. The van der Waals surface area contributed by atoms with E-state index in [0.717, 1.165) is 12.5 Å². The van der Waals surface area contributed by atoms with E-state index in [1.807, 2.05) is 0 Å². The van der Waals surface area contributed by atoms with Gasteiger partial charge in [0.25, 0.3) is 0 Å². The molecule has 0 heterocycles. The largest absolute Gasteiger partial charge is 0.310 e. The number of hydrogen-bond donors (Lipinski definition) is 1. The summed E-state index contributed by atoms with van der Waals surface area (Å²) in [6.45, 7) is 7.84. The zero-order valence-electron chi connectivity index (χ0n) is 10.2. The summed E-state index contributed by atoms with van der Waals surface area (Å²) in [5.74, 6) is 0.822. The van der Waals surface area contributed by atoms with Gasteiger partial charge in [0.1, 0.15) is 0 Å². The Hall–Kier alpha value is -0.820. The molecule has 0 aliphatic carbocycles. The van der Waals surface area contributed by atoms with Gasteiger partial charge in [-0.2, -0.15) is 0 Å². The monoisotopic (exact) mass is 205 g/mol. The van der Waals surface area contributed by atoms with Crippen LogP contribution in [0.25, 0.3) is 0 Å². The molecular formula is C14H23N. The van der Waals surface area contributed by atoms with E-state index < -0.39 is 0 Å². The van der Waals surface area contributed by atoms with Gasteiger partial charge in [0.15, 0.2) is 0 Å². The highest BCUT2D eigenvalue weighted by atomic mass is 14.9. The van der Waals surface area contributed by atoms with E-state index >= 15 is 0 Å². The van der Waals surface area contributed by atoms with E-state index in [1.165, 1.54) is 18.4 Å². The topological polar surface area (TPSA) is 12.0 Å². The van der Waals surface area contributed by atoms with Gasteiger partial charge in [-0.05, 0) is 24.8 Å². The second-order valence-electron chi connectivity index (χ2n) is 4.52. The molecular weight excluding hydrogens is 182 g/mol. The molecule has 2 unspecified atom stereocenters. The van der Waals surface area contributed by atoms with Crippen molar-refractivity contribution in [1.29, 1.82) is 0 Å². The van der Waals surface area contributed by atoms with Gasteiger partial charge in [0, 0.05) is 12.6 Å². The molecule has 0 bridgehead atoms. The Labute approximate surface area is 93.9 Å². The van der Waals surface area contributed by atoms with E-state index in [9.17, 15) is 0 Å². The number of hydrogen-bond acceptors (Lipinski definition) is 1. The van der Waals surface area contributed by atoms with Crippen LogP contribution in [-0.2, 0) is 6.54 Å². The van der Waals surface area contributed by atoms with Gasteiger partial charge in [-0.3, -0.25) is 0 Å². The molecule has 0 aromatic heterocycles. The predicted molar refractivity (Wildman–Crippen MR) is 66.8 cm³/mol. The van der Waals surface area contributed by atoms with Gasteiger partial charge >= 0.3 is 0 Å². The quantitative estimate of drug-likeness (QED) is 0.748. The van der Waals surface area contributed by atoms with Gasteiger partial charge in [0.2, 0.25) is 0 Å². The molecule has 0 aliphatic rings. The summed E-state index contributed by atoms with van der Waals surface area (Å²) in [6, 6.07) is 11.2. The first-order valence-electron chi connectivity index (χ1n) is 5.99. The van der Waals surface area contributed by atoms with Crippen LogP contribution in [-0.4, -0.2) is 6.04 Å². The normalized spacial score (nSPS) is 14.9. The molecule has 1 heteroatoms. The maximum absolute atomic E-state index is 3.56. The summed E-state index contributed by atoms with van der Waals surface area (Å²) >= 11 is 0. The molecule has 15 heavy (non-hydrogen) atoms. The third kappa shape index (κ3) is 4.98. The van der Waals surface area contributed by atoms with Crippen LogP contribution in [0.3, 0.4) is 0 Å². The third-order valence-electron chi connectivity index (χ3n) is 2.95. The second-order valence-corrected chi connectivity index (χ2v) is 4.52. The van der Waals surface area contributed by atoms with Gasteiger partial charge in [-0.1, -0.05) is 50.6 Å². The Morgan fingerprint density at radius 3 is 2.40 bits per heavy atom. The van der Waals surface area contributed by atoms with Crippen LogP contribution < -0.4 is 5.32 Å². The third-order valence-corrected chi connectivity index (χ3v) is 2.95. The van der Waals surface area contributed by atoms with Crippen molar-refractivity contribution in [1.82, 2.24) is 5.32 Å². The molecule has 0 saturated heterocycles. The number of rotatable bonds is 6. The molecule has 1 aromatic rings. The second kappa shape index (κ2) is 6.62. The van der Waals surface area contributed by atoms with Crippen LogP contribution in [0.5, 0.6) is 0 Å². The summed E-state index contributed by atoms with van der Waals surface area (Å²) in [4.78, 5) is 0. The van der Waals surface area contributed by atoms with E-state index in [0.29, 0.717) is 6.04 Å². The van der Waals surface area contributed by atoms with Crippen LogP contribution in [0.4, 0.5) is 0 Å². The van der Waals surface area contributed by atoms with Crippen LogP contribution in [0.2, 0.25) is 0 Å². The van der Waals surface area contributed by atoms with Gasteiger partial charge in [0.05, 0.1) is 0 Å². The zero-order valence-corrected chi connectivity index (χ0v) is 10.2. The summed E-state index contributed by atoms with van der Waals surface area (Å²) in [5.41, 5.74) is 1.37. The van der Waals surface area contributed by atoms with Crippen molar-refractivity contribution in [2.24, 2.45) is 5.92 Å². The van der Waals surface area contributed by atoms with Crippen LogP contribution in [0, 0.1) is 5.92 Å². The molecule has 1 aromatic carbocycles. The molecule has 0 saturated carbocycles. The van der Waals surface area contributed by atoms with Crippen LogP contribution in [0.1, 0.15) is 39.2 Å². The highest BCUT2D eigenvalue weighted by Crippen LogP contribution is 2.09. The Bertz CT molecular complexity index is 255. The average molecular weight is 205 g/mol. The van der Waals surface area contributed by atoms with Crippen LogP contribution in [0.15, 0.2) is 30.3 Å². The van der Waals surface area contributed by atoms with Crippen molar-refractivity contribution in [2.45, 2.75) is 46.2 Å². The molecule has 0 aliphatic heterocycles. The molecule has 0 spiro atoms. The minimum absolute atomic E-state index is 0.611. The highest BCUT2D eigenvalue weighted by Gasteiger charge is 2.05. The Kier molecular flexibility index (Phi) is 5.41. The molecule has 0 amide bonds. The molecule has 1 rings (SSSR count). The first kappa shape index (κ1) is 12.3. The van der Waals surface area contributed by atoms with Gasteiger partial charge in [-0.25, -0.2) is 0 Å². The first-order valence-corrected chi connectivity index (χ1v) is 5.99. The lowest BCUT2D eigenvalue weighted by atomic mass is 10.0. The van der Waals surface area contributed by atoms with Crippen molar-refractivity contribution in [3.05, 3.63) is 35.9 Å². The van der Waals surface area contributed by atoms with Crippen LogP contribution >= 0.6 is 0 Å². The van der Waals surface area contributed by atoms with Gasteiger partial charge in [-0.15, -0.1) is 0 Å². The SMILES string of the molecule is CCC(C)CC(C)NCc1ccccc1.